The summed E-state index contributed by atoms with van der Waals surface area (Å²) in [6.07, 6.45) is 0. The fourth-order valence-electron chi connectivity index (χ4n) is 9.75. The summed E-state index contributed by atoms with van der Waals surface area (Å²) in [6.45, 7) is 7.13. The molecule has 0 spiro atoms. The van der Waals surface area contributed by atoms with Gasteiger partial charge in [0.1, 0.15) is 0 Å². The van der Waals surface area contributed by atoms with Gasteiger partial charge in [0.25, 0.3) is 6.71 Å². The first kappa shape index (κ1) is 26.2. The van der Waals surface area contributed by atoms with Crippen molar-refractivity contribution < 1.29 is 0 Å². The zero-order valence-electron chi connectivity index (χ0n) is 27.7. The number of hydrogen-bond donors (Lipinski definition) is 0. The van der Waals surface area contributed by atoms with Crippen LogP contribution in [0.25, 0.3) is 87.8 Å². The zero-order chi connectivity index (χ0) is 32.3. The number of para-hydroxylation sites is 1. The number of hydrogen-bond acceptors (Lipinski definition) is 0. The van der Waals surface area contributed by atoms with Gasteiger partial charge in [0, 0.05) is 43.7 Å². The molecule has 0 amide bonds. The molecule has 0 fully saturated rings. The van der Waals surface area contributed by atoms with Gasteiger partial charge >= 0.3 is 0 Å². The number of benzene rings is 7. The van der Waals surface area contributed by atoms with E-state index in [2.05, 4.69) is 163 Å². The minimum Gasteiger partial charge on any atom is -0.310 e. The van der Waals surface area contributed by atoms with Crippen LogP contribution in [-0.4, -0.2) is 15.7 Å². The third kappa shape index (κ3) is 3.02. The van der Waals surface area contributed by atoms with E-state index in [0.717, 1.165) is 0 Å². The minimum absolute atomic E-state index is 0.0490. The second kappa shape index (κ2) is 8.61. The van der Waals surface area contributed by atoms with Gasteiger partial charge in [-0.05, 0) is 73.5 Å². The van der Waals surface area contributed by atoms with E-state index in [1.165, 1.54) is 110 Å². The van der Waals surface area contributed by atoms with Crippen molar-refractivity contribution in [3.05, 3.63) is 139 Å². The smallest absolute Gasteiger partial charge is 0.253 e. The first-order valence-corrected chi connectivity index (χ1v) is 17.5. The summed E-state index contributed by atoms with van der Waals surface area (Å²) in [4.78, 5) is 0. The molecule has 5 heterocycles. The summed E-state index contributed by atoms with van der Waals surface area (Å²) in [6, 6.07) is 50.5. The number of fused-ring (bicyclic) bond motifs is 7. The largest absolute Gasteiger partial charge is 0.310 e. The lowest BCUT2D eigenvalue weighted by Crippen LogP contribution is -2.58. The van der Waals surface area contributed by atoms with Crippen LogP contribution in [0, 0.1) is 0 Å². The lowest BCUT2D eigenvalue weighted by molar-refractivity contribution is 0.592. The molecule has 12 rings (SSSR count). The molecule has 0 unspecified atom stereocenters. The van der Waals surface area contributed by atoms with Crippen LogP contribution >= 0.6 is 0 Å². The van der Waals surface area contributed by atoms with Gasteiger partial charge in [-0.3, -0.25) is 0 Å². The maximum Gasteiger partial charge on any atom is 0.253 e. The fraction of sp³-hybridized carbons (Fsp3) is 0.0870. The summed E-state index contributed by atoms with van der Waals surface area (Å²) < 4.78 is 5.28. The van der Waals surface area contributed by atoms with E-state index in [-0.39, 0.29) is 12.1 Å². The molecule has 3 heteroatoms. The third-order valence-electron chi connectivity index (χ3n) is 11.7. The van der Waals surface area contributed by atoms with E-state index < -0.39 is 0 Å². The van der Waals surface area contributed by atoms with Crippen LogP contribution in [0.15, 0.2) is 133 Å². The third-order valence-corrected chi connectivity index (χ3v) is 11.7. The van der Waals surface area contributed by atoms with Gasteiger partial charge in [-0.15, -0.1) is 0 Å². The van der Waals surface area contributed by atoms with Crippen molar-refractivity contribution in [2.45, 2.75) is 26.2 Å². The first-order chi connectivity index (χ1) is 24.0. The van der Waals surface area contributed by atoms with Crippen molar-refractivity contribution in [3.8, 4) is 28.1 Å². The Bertz CT molecular complexity index is 3060. The number of rotatable bonds is 2. The lowest BCUT2D eigenvalue weighted by Gasteiger charge is -2.32. The van der Waals surface area contributed by atoms with Gasteiger partial charge in [0.15, 0.2) is 0 Å². The molecule has 0 aliphatic carbocycles. The molecule has 0 saturated heterocycles. The Balaban J connectivity index is 1.37. The highest BCUT2D eigenvalue weighted by molar-refractivity contribution is 7.02. The van der Waals surface area contributed by atoms with Crippen molar-refractivity contribution in [2.75, 3.05) is 0 Å². The van der Waals surface area contributed by atoms with Gasteiger partial charge < -0.3 is 8.97 Å². The molecule has 0 saturated carbocycles. The second-order valence-corrected chi connectivity index (χ2v) is 15.3. The Labute approximate surface area is 284 Å². The van der Waals surface area contributed by atoms with Gasteiger partial charge in [0.2, 0.25) is 0 Å². The van der Waals surface area contributed by atoms with Crippen LogP contribution < -0.4 is 16.4 Å². The monoisotopic (exact) mass is 622 g/mol. The molecule has 10 aromatic rings. The Morgan fingerprint density at radius 1 is 0.490 bits per heavy atom. The molecule has 49 heavy (non-hydrogen) atoms. The average Bonchev–Trinajstić information content (AvgIpc) is 3.77. The summed E-state index contributed by atoms with van der Waals surface area (Å²) >= 11 is 0. The van der Waals surface area contributed by atoms with E-state index in [9.17, 15) is 0 Å². The van der Waals surface area contributed by atoms with Crippen LogP contribution in [0.3, 0.4) is 0 Å². The fourth-order valence-corrected chi connectivity index (χ4v) is 9.75. The van der Waals surface area contributed by atoms with Gasteiger partial charge in [-0.2, -0.15) is 0 Å². The van der Waals surface area contributed by atoms with E-state index in [0.29, 0.717) is 0 Å². The second-order valence-electron chi connectivity index (χ2n) is 15.3. The Hall–Kier alpha value is -5.80. The molecule has 0 radical (unpaired) electrons. The van der Waals surface area contributed by atoms with Crippen molar-refractivity contribution in [1.29, 1.82) is 0 Å². The Kier molecular flexibility index (Phi) is 4.60. The number of aromatic nitrogens is 2. The molecule has 3 aromatic heterocycles. The van der Waals surface area contributed by atoms with Crippen LogP contribution in [0.1, 0.15) is 26.3 Å². The van der Waals surface area contributed by atoms with Crippen molar-refractivity contribution >= 4 is 82.9 Å². The van der Waals surface area contributed by atoms with Gasteiger partial charge in [0.05, 0.1) is 22.2 Å². The molecular formula is C46H31BN2. The standard InChI is InChI=1S/C46H31BN2/c1-46(2,3)29-24-33-31-19-12-20-36-43(31)49-42(33)34(25-29)32-21-22-37-40(44(32)49)47(36)39-30-18-11-10-17-28(30)23-35-38(26-13-6-4-7-14-26)41(48(37)45(35)39)27-15-8-5-9-16-27/h4-25H,1-3H3. The molecule has 2 aliphatic heterocycles. The molecule has 228 valence electrons. The number of nitrogens with zero attached hydrogens (tertiary/aromatic N) is 2. The molecule has 0 atom stereocenters. The first-order valence-electron chi connectivity index (χ1n) is 17.5. The van der Waals surface area contributed by atoms with Crippen molar-refractivity contribution in [1.82, 2.24) is 8.97 Å². The molecule has 7 aromatic carbocycles. The topological polar surface area (TPSA) is 9.34 Å². The van der Waals surface area contributed by atoms with Crippen LogP contribution in [0.4, 0.5) is 0 Å². The van der Waals surface area contributed by atoms with E-state index in [1.807, 2.05) is 0 Å². The minimum atomic E-state index is 0.0490. The van der Waals surface area contributed by atoms with E-state index >= 15 is 0 Å². The highest BCUT2D eigenvalue weighted by Crippen LogP contribution is 2.48. The molecule has 2 aliphatic rings. The van der Waals surface area contributed by atoms with Gasteiger partial charge in [-0.1, -0.05) is 130 Å². The Morgan fingerprint density at radius 3 is 1.92 bits per heavy atom. The van der Waals surface area contributed by atoms with Crippen LogP contribution in [0.5, 0.6) is 0 Å². The van der Waals surface area contributed by atoms with Crippen molar-refractivity contribution in [3.63, 3.8) is 0 Å². The Morgan fingerprint density at radius 2 is 1.16 bits per heavy atom. The lowest BCUT2D eigenvalue weighted by atomic mass is 9.34. The van der Waals surface area contributed by atoms with E-state index in [4.69, 9.17) is 0 Å². The maximum atomic E-state index is 2.64. The highest BCUT2D eigenvalue weighted by Gasteiger charge is 2.43. The highest BCUT2D eigenvalue weighted by atomic mass is 15.0. The molecule has 0 N–H and O–H groups in total. The summed E-state index contributed by atoms with van der Waals surface area (Å²) in [7, 11) is 0. The normalized spacial score (nSPS) is 13.6. The quantitative estimate of drug-likeness (QED) is 0.170. The van der Waals surface area contributed by atoms with E-state index in [1.54, 1.807) is 0 Å². The summed E-state index contributed by atoms with van der Waals surface area (Å²) in [5, 5.41) is 9.44. The average molecular weight is 623 g/mol. The van der Waals surface area contributed by atoms with Crippen molar-refractivity contribution in [2.24, 2.45) is 0 Å². The molecular weight excluding hydrogens is 591 g/mol. The predicted octanol–water partition coefficient (Wildman–Crippen LogP) is 9.71. The zero-order valence-corrected chi connectivity index (χ0v) is 27.7. The SMILES string of the molecule is CC(C)(C)c1cc2c3cccc4c3n3c5c6c(ccc5c(c1)c23)-n1c(-c2ccccc2)c(-c2ccccc2)c2cc3ccccc3c(c21)B46. The van der Waals surface area contributed by atoms with Crippen LogP contribution in [-0.2, 0) is 5.41 Å². The summed E-state index contributed by atoms with van der Waals surface area (Å²) in [5.74, 6) is 0. The molecule has 2 nitrogen and oxygen atoms in total. The van der Waals surface area contributed by atoms with Gasteiger partial charge in [-0.25, -0.2) is 0 Å². The maximum absolute atomic E-state index is 2.64. The van der Waals surface area contributed by atoms with Crippen LogP contribution in [0.2, 0.25) is 0 Å². The molecule has 0 bridgehead atoms. The predicted molar refractivity (Wildman–Crippen MR) is 210 cm³/mol. The summed E-state index contributed by atoms with van der Waals surface area (Å²) in [5.41, 5.74) is 17.5.